The van der Waals surface area contributed by atoms with Crippen LogP contribution in [0.5, 0.6) is 0 Å². The number of hydrogen-bond acceptors (Lipinski definition) is 5. The molecule has 0 aliphatic carbocycles. The average molecular weight is 275 g/mol. The van der Waals surface area contributed by atoms with E-state index >= 15 is 0 Å². The number of hydrogen-bond donors (Lipinski definition) is 2. The standard InChI is InChI=1S/C12H13N5O3/c1-16-5-4-14-11(16)7-15-9-6-8(12(13)18)2-3-10(9)17(19)20/h2-6,15H,7H2,1H3,(H2,13,18). The van der Waals surface area contributed by atoms with Crippen LogP contribution in [0, 0.1) is 10.1 Å². The zero-order chi connectivity index (χ0) is 14.7. The Morgan fingerprint density at radius 2 is 2.30 bits per heavy atom. The number of aromatic nitrogens is 2. The number of carbonyl (C=O) groups is 1. The fourth-order valence-corrected chi connectivity index (χ4v) is 1.73. The minimum Gasteiger partial charge on any atom is -0.372 e. The molecule has 0 unspecified atom stereocenters. The first-order valence-corrected chi connectivity index (χ1v) is 5.77. The number of nitro groups is 1. The Morgan fingerprint density at radius 1 is 1.55 bits per heavy atom. The van der Waals surface area contributed by atoms with Crippen LogP contribution >= 0.6 is 0 Å². The molecule has 1 aromatic heterocycles. The maximum Gasteiger partial charge on any atom is 0.292 e. The first-order chi connectivity index (χ1) is 9.49. The van der Waals surface area contributed by atoms with Crippen molar-refractivity contribution in [2.24, 2.45) is 12.8 Å². The summed E-state index contributed by atoms with van der Waals surface area (Å²) >= 11 is 0. The number of amides is 1. The van der Waals surface area contributed by atoms with Crippen molar-refractivity contribution in [3.05, 3.63) is 52.1 Å². The van der Waals surface area contributed by atoms with Gasteiger partial charge < -0.3 is 15.6 Å². The van der Waals surface area contributed by atoms with Gasteiger partial charge in [-0.1, -0.05) is 0 Å². The van der Waals surface area contributed by atoms with E-state index in [1.54, 1.807) is 17.0 Å². The van der Waals surface area contributed by atoms with Crippen molar-refractivity contribution in [2.45, 2.75) is 6.54 Å². The summed E-state index contributed by atoms with van der Waals surface area (Å²) in [5.74, 6) is 0.0729. The van der Waals surface area contributed by atoms with Crippen molar-refractivity contribution >= 4 is 17.3 Å². The summed E-state index contributed by atoms with van der Waals surface area (Å²) in [6, 6.07) is 3.94. The van der Waals surface area contributed by atoms with Crippen molar-refractivity contribution in [2.75, 3.05) is 5.32 Å². The Balaban J connectivity index is 2.28. The fourth-order valence-electron chi connectivity index (χ4n) is 1.73. The van der Waals surface area contributed by atoms with Crippen molar-refractivity contribution in [1.82, 2.24) is 9.55 Å². The summed E-state index contributed by atoms with van der Waals surface area (Å²) in [6.07, 6.45) is 3.40. The van der Waals surface area contributed by atoms with E-state index in [1.165, 1.54) is 18.2 Å². The highest BCUT2D eigenvalue weighted by molar-refractivity contribution is 5.94. The van der Waals surface area contributed by atoms with Crippen LogP contribution in [-0.4, -0.2) is 20.4 Å². The molecule has 0 atom stereocenters. The second-order valence-electron chi connectivity index (χ2n) is 4.16. The third-order valence-electron chi connectivity index (χ3n) is 2.84. The molecule has 1 amide bonds. The van der Waals surface area contributed by atoms with Gasteiger partial charge in [-0.2, -0.15) is 0 Å². The van der Waals surface area contributed by atoms with Gasteiger partial charge in [0.25, 0.3) is 5.69 Å². The van der Waals surface area contributed by atoms with Crippen LogP contribution in [0.2, 0.25) is 0 Å². The molecular formula is C12H13N5O3. The number of nitrogens with two attached hydrogens (primary N) is 1. The maximum atomic E-state index is 11.1. The molecule has 0 spiro atoms. The van der Waals surface area contributed by atoms with E-state index in [-0.39, 0.29) is 16.9 Å². The molecule has 0 radical (unpaired) electrons. The van der Waals surface area contributed by atoms with Crippen LogP contribution in [0.1, 0.15) is 16.2 Å². The van der Waals surface area contributed by atoms with E-state index < -0.39 is 10.8 Å². The number of primary amides is 1. The highest BCUT2D eigenvalue weighted by Gasteiger charge is 2.16. The van der Waals surface area contributed by atoms with Gasteiger partial charge in [0.2, 0.25) is 5.91 Å². The van der Waals surface area contributed by atoms with Gasteiger partial charge in [0.05, 0.1) is 11.5 Å². The van der Waals surface area contributed by atoms with Crippen molar-refractivity contribution < 1.29 is 9.72 Å². The highest BCUT2D eigenvalue weighted by atomic mass is 16.6. The summed E-state index contributed by atoms with van der Waals surface area (Å²) in [6.45, 7) is 0.298. The number of benzene rings is 1. The van der Waals surface area contributed by atoms with Crippen LogP contribution in [0.15, 0.2) is 30.6 Å². The Bertz CT molecular complexity index is 665. The zero-order valence-electron chi connectivity index (χ0n) is 10.7. The normalized spacial score (nSPS) is 10.2. The van der Waals surface area contributed by atoms with Gasteiger partial charge in [-0.05, 0) is 12.1 Å². The molecule has 8 heteroatoms. The Hall–Kier alpha value is -2.90. The first kappa shape index (κ1) is 13.5. The second-order valence-corrected chi connectivity index (χ2v) is 4.16. The number of nitrogens with one attached hydrogen (secondary N) is 1. The van der Waals surface area contributed by atoms with Crippen LogP contribution in [0.4, 0.5) is 11.4 Å². The van der Waals surface area contributed by atoms with E-state index in [2.05, 4.69) is 10.3 Å². The van der Waals surface area contributed by atoms with Crippen LogP contribution in [0.25, 0.3) is 0 Å². The summed E-state index contributed by atoms with van der Waals surface area (Å²) in [7, 11) is 1.82. The Morgan fingerprint density at radius 3 is 2.85 bits per heavy atom. The zero-order valence-corrected chi connectivity index (χ0v) is 10.7. The molecule has 0 saturated carbocycles. The molecule has 0 fully saturated rings. The topological polar surface area (TPSA) is 116 Å². The average Bonchev–Trinajstić information content (AvgIpc) is 2.81. The van der Waals surface area contributed by atoms with Crippen LogP contribution in [0.3, 0.4) is 0 Å². The van der Waals surface area contributed by atoms with Crippen molar-refractivity contribution in [3.8, 4) is 0 Å². The third-order valence-corrected chi connectivity index (χ3v) is 2.84. The van der Waals surface area contributed by atoms with Gasteiger partial charge >= 0.3 is 0 Å². The molecule has 0 aliphatic rings. The Labute approximate surface area is 114 Å². The van der Waals surface area contributed by atoms with E-state index in [0.717, 1.165) is 0 Å². The smallest absolute Gasteiger partial charge is 0.292 e. The summed E-state index contributed by atoms with van der Waals surface area (Å²) < 4.78 is 1.79. The summed E-state index contributed by atoms with van der Waals surface area (Å²) in [5, 5.41) is 13.9. The number of rotatable bonds is 5. The molecule has 0 bridgehead atoms. The molecule has 0 saturated heterocycles. The number of imidazole rings is 1. The van der Waals surface area contributed by atoms with Crippen LogP contribution < -0.4 is 11.1 Å². The third kappa shape index (κ3) is 2.74. The van der Waals surface area contributed by atoms with Gasteiger partial charge in [-0.25, -0.2) is 4.98 Å². The molecule has 1 heterocycles. The molecule has 20 heavy (non-hydrogen) atoms. The number of nitro benzene ring substituents is 1. The number of anilines is 1. The number of carbonyl (C=O) groups excluding carboxylic acids is 1. The predicted octanol–water partition coefficient (Wildman–Crippen LogP) is 1.04. The molecule has 0 aliphatic heterocycles. The molecular weight excluding hydrogens is 262 g/mol. The largest absolute Gasteiger partial charge is 0.372 e. The van der Waals surface area contributed by atoms with Crippen molar-refractivity contribution in [1.29, 1.82) is 0 Å². The molecule has 104 valence electrons. The van der Waals surface area contributed by atoms with Gasteiger partial charge in [0.1, 0.15) is 11.5 Å². The highest BCUT2D eigenvalue weighted by Crippen LogP contribution is 2.25. The SMILES string of the molecule is Cn1ccnc1CNc1cc(C(N)=O)ccc1[N+](=O)[O-]. The molecule has 8 nitrogen and oxygen atoms in total. The van der Waals surface area contributed by atoms with Crippen LogP contribution in [-0.2, 0) is 13.6 Å². The van der Waals surface area contributed by atoms with E-state index in [0.29, 0.717) is 12.4 Å². The van der Waals surface area contributed by atoms with E-state index in [1.807, 2.05) is 7.05 Å². The van der Waals surface area contributed by atoms with Gasteiger partial charge in [0.15, 0.2) is 0 Å². The molecule has 1 aromatic carbocycles. The predicted molar refractivity (Wildman–Crippen MR) is 72.1 cm³/mol. The lowest BCUT2D eigenvalue weighted by atomic mass is 10.1. The quantitative estimate of drug-likeness (QED) is 0.624. The lowest BCUT2D eigenvalue weighted by Crippen LogP contribution is -2.12. The molecule has 2 rings (SSSR count). The first-order valence-electron chi connectivity index (χ1n) is 5.77. The summed E-state index contributed by atoms with van der Waals surface area (Å²) in [4.78, 5) is 25.7. The lowest BCUT2D eigenvalue weighted by molar-refractivity contribution is -0.384. The molecule has 2 aromatic rings. The van der Waals surface area contributed by atoms with Gasteiger partial charge in [-0.3, -0.25) is 14.9 Å². The van der Waals surface area contributed by atoms with Crippen molar-refractivity contribution in [3.63, 3.8) is 0 Å². The van der Waals surface area contributed by atoms with E-state index in [9.17, 15) is 14.9 Å². The maximum absolute atomic E-state index is 11.1. The fraction of sp³-hybridized carbons (Fsp3) is 0.167. The Kier molecular flexibility index (Phi) is 3.65. The minimum atomic E-state index is -0.639. The summed E-state index contributed by atoms with van der Waals surface area (Å²) in [5.41, 5.74) is 5.49. The number of nitrogens with zero attached hydrogens (tertiary/aromatic N) is 3. The monoisotopic (exact) mass is 275 g/mol. The number of aryl methyl sites for hydroxylation is 1. The van der Waals surface area contributed by atoms with Gasteiger partial charge in [-0.15, -0.1) is 0 Å². The molecule has 3 N–H and O–H groups in total. The minimum absolute atomic E-state index is 0.121. The lowest BCUT2D eigenvalue weighted by Gasteiger charge is -2.08. The van der Waals surface area contributed by atoms with E-state index in [4.69, 9.17) is 5.73 Å². The van der Waals surface area contributed by atoms with Gasteiger partial charge in [0, 0.05) is 31.1 Å². The second kappa shape index (κ2) is 5.39.